The molecule has 2 N–H and O–H groups in total. The number of nitrogens with two attached hydrogens (primary N) is 1. The molecule has 1 aromatic rings. The molecule has 2 heteroatoms. The maximum Gasteiger partial charge on any atom is 0.0329 e. The van der Waals surface area contributed by atoms with Crippen LogP contribution in [-0.4, -0.2) is 0 Å². The quantitative estimate of drug-likeness (QED) is 0.852. The maximum atomic E-state index is 6.67. The lowest BCUT2D eigenvalue weighted by Gasteiger charge is -2.56. The minimum Gasteiger partial charge on any atom is -0.324 e. The molecule has 4 bridgehead atoms. The predicted molar refractivity (Wildman–Crippen MR) is 81.6 cm³/mol. The van der Waals surface area contributed by atoms with E-state index in [9.17, 15) is 0 Å². The second-order valence-electron chi connectivity index (χ2n) is 7.09. The molecular weight excluding hydrogens is 298 g/mol. The summed E-state index contributed by atoms with van der Waals surface area (Å²) in [6.07, 6.45) is 7.35. The molecule has 0 aromatic heterocycles. The van der Waals surface area contributed by atoms with E-state index in [0.29, 0.717) is 0 Å². The molecule has 5 rings (SSSR count). The Kier molecular flexibility index (Phi) is 3.00. The van der Waals surface area contributed by atoms with Crippen molar-refractivity contribution in [2.75, 3.05) is 0 Å². The molecule has 4 aliphatic carbocycles. The number of rotatable bonds is 2. The van der Waals surface area contributed by atoms with Gasteiger partial charge in [-0.15, -0.1) is 0 Å². The van der Waals surface area contributed by atoms with Gasteiger partial charge in [0.1, 0.15) is 0 Å². The van der Waals surface area contributed by atoms with Crippen LogP contribution in [0.4, 0.5) is 0 Å². The molecule has 0 radical (unpaired) electrons. The Morgan fingerprint density at radius 1 is 1.00 bits per heavy atom. The van der Waals surface area contributed by atoms with Gasteiger partial charge in [0.2, 0.25) is 0 Å². The van der Waals surface area contributed by atoms with Crippen molar-refractivity contribution in [1.82, 2.24) is 0 Å². The van der Waals surface area contributed by atoms with E-state index in [1.54, 1.807) is 0 Å². The molecule has 0 aliphatic heterocycles. The van der Waals surface area contributed by atoms with Crippen LogP contribution >= 0.6 is 15.9 Å². The largest absolute Gasteiger partial charge is 0.324 e. The lowest BCUT2D eigenvalue weighted by Crippen LogP contribution is -2.48. The monoisotopic (exact) mass is 319 g/mol. The van der Waals surface area contributed by atoms with Gasteiger partial charge in [0.05, 0.1) is 0 Å². The number of hydrogen-bond acceptors (Lipinski definition) is 1. The van der Waals surface area contributed by atoms with Crippen LogP contribution in [0.3, 0.4) is 0 Å². The summed E-state index contributed by atoms with van der Waals surface area (Å²) in [7, 11) is 0. The van der Waals surface area contributed by atoms with Crippen LogP contribution in [0.25, 0.3) is 0 Å². The van der Waals surface area contributed by atoms with Crippen molar-refractivity contribution in [1.29, 1.82) is 0 Å². The van der Waals surface area contributed by atoms with Gasteiger partial charge in [-0.05, 0) is 79.4 Å². The molecule has 1 nitrogen and oxygen atoms in total. The fourth-order valence-corrected chi connectivity index (χ4v) is 5.91. The summed E-state index contributed by atoms with van der Waals surface area (Å²) in [5.74, 6) is 4.62. The van der Waals surface area contributed by atoms with E-state index in [-0.39, 0.29) is 6.04 Å². The molecule has 4 saturated carbocycles. The summed E-state index contributed by atoms with van der Waals surface area (Å²) in [5.41, 5.74) is 7.99. The van der Waals surface area contributed by atoms with Crippen LogP contribution in [0.5, 0.6) is 0 Å². The minimum absolute atomic E-state index is 0.243. The number of halogens is 1. The topological polar surface area (TPSA) is 26.0 Å². The highest BCUT2D eigenvalue weighted by Gasteiger charge is 2.49. The van der Waals surface area contributed by atoms with Crippen molar-refractivity contribution < 1.29 is 0 Å². The fraction of sp³-hybridized carbons (Fsp3) is 0.647. The second-order valence-corrected chi connectivity index (χ2v) is 8.00. The van der Waals surface area contributed by atoms with Gasteiger partial charge in [-0.1, -0.05) is 28.1 Å². The Balaban J connectivity index is 1.62. The van der Waals surface area contributed by atoms with Gasteiger partial charge >= 0.3 is 0 Å². The Hall–Kier alpha value is -0.340. The first-order chi connectivity index (χ1) is 9.20. The Labute approximate surface area is 124 Å². The first kappa shape index (κ1) is 12.4. The molecule has 0 amide bonds. The van der Waals surface area contributed by atoms with Crippen LogP contribution < -0.4 is 5.73 Å². The maximum absolute atomic E-state index is 6.67. The lowest BCUT2D eigenvalue weighted by atomic mass is 9.50. The van der Waals surface area contributed by atoms with E-state index in [2.05, 4.69) is 40.2 Å². The first-order valence-electron chi connectivity index (χ1n) is 7.71. The average Bonchev–Trinajstić information content (AvgIpc) is 2.37. The van der Waals surface area contributed by atoms with Crippen LogP contribution in [0.15, 0.2) is 28.7 Å². The molecule has 1 atom stereocenters. The molecule has 19 heavy (non-hydrogen) atoms. The van der Waals surface area contributed by atoms with Gasteiger partial charge in [0.15, 0.2) is 0 Å². The Bertz CT molecular complexity index is 456. The van der Waals surface area contributed by atoms with Crippen molar-refractivity contribution in [3.8, 4) is 0 Å². The number of hydrogen-bond donors (Lipinski definition) is 1. The van der Waals surface area contributed by atoms with Gasteiger partial charge in [-0.25, -0.2) is 0 Å². The smallest absolute Gasteiger partial charge is 0.0329 e. The zero-order valence-corrected chi connectivity index (χ0v) is 12.9. The Morgan fingerprint density at radius 3 is 2.21 bits per heavy atom. The van der Waals surface area contributed by atoms with Crippen LogP contribution in [-0.2, 0) is 0 Å². The molecular formula is C17H22BrN. The summed E-state index contributed by atoms with van der Waals surface area (Å²) < 4.78 is 1.16. The summed E-state index contributed by atoms with van der Waals surface area (Å²) in [6.45, 7) is 0. The van der Waals surface area contributed by atoms with Gasteiger partial charge in [0.25, 0.3) is 0 Å². The summed E-state index contributed by atoms with van der Waals surface area (Å²) in [5, 5.41) is 0. The first-order valence-corrected chi connectivity index (χ1v) is 8.51. The summed E-state index contributed by atoms with van der Waals surface area (Å²) in [4.78, 5) is 0. The third kappa shape index (κ3) is 2.08. The summed E-state index contributed by atoms with van der Waals surface area (Å²) >= 11 is 3.58. The predicted octanol–water partition coefficient (Wildman–Crippen LogP) is 4.52. The van der Waals surface area contributed by atoms with E-state index in [1.165, 1.54) is 37.7 Å². The van der Waals surface area contributed by atoms with Crippen molar-refractivity contribution in [2.45, 2.75) is 38.1 Å². The van der Waals surface area contributed by atoms with Crippen LogP contribution in [0.2, 0.25) is 0 Å². The molecule has 0 spiro atoms. The van der Waals surface area contributed by atoms with Crippen LogP contribution in [0, 0.1) is 29.6 Å². The highest BCUT2D eigenvalue weighted by atomic mass is 79.9. The molecule has 1 unspecified atom stereocenters. The molecule has 1 aromatic carbocycles. The average molecular weight is 320 g/mol. The second kappa shape index (κ2) is 4.60. The molecule has 0 heterocycles. The van der Waals surface area contributed by atoms with Crippen molar-refractivity contribution >= 4 is 15.9 Å². The molecule has 0 saturated heterocycles. The minimum atomic E-state index is 0.243. The number of benzene rings is 1. The highest BCUT2D eigenvalue weighted by Crippen LogP contribution is 2.58. The van der Waals surface area contributed by atoms with E-state index in [0.717, 1.165) is 34.1 Å². The van der Waals surface area contributed by atoms with Crippen molar-refractivity contribution in [3.63, 3.8) is 0 Å². The van der Waals surface area contributed by atoms with E-state index >= 15 is 0 Å². The zero-order valence-electron chi connectivity index (χ0n) is 11.3. The summed E-state index contributed by atoms with van der Waals surface area (Å²) in [6, 6.07) is 8.88. The van der Waals surface area contributed by atoms with Crippen molar-refractivity contribution in [3.05, 3.63) is 34.3 Å². The normalized spacial score (nSPS) is 41.5. The van der Waals surface area contributed by atoms with Gasteiger partial charge < -0.3 is 5.73 Å². The fourth-order valence-electron chi connectivity index (χ4n) is 5.49. The van der Waals surface area contributed by atoms with E-state index in [1.807, 2.05) is 0 Å². The third-order valence-corrected chi connectivity index (χ3v) is 6.44. The third-order valence-electron chi connectivity index (χ3n) is 5.95. The molecule has 4 aliphatic rings. The molecule has 102 valence electrons. The zero-order chi connectivity index (χ0) is 13.0. The van der Waals surface area contributed by atoms with E-state index in [4.69, 9.17) is 5.73 Å². The van der Waals surface area contributed by atoms with Gasteiger partial charge in [0, 0.05) is 10.5 Å². The Morgan fingerprint density at radius 2 is 1.63 bits per heavy atom. The SMILES string of the molecule is NC(c1cccc(Br)c1)C1C2CC3CC(C2)CC1C3. The highest BCUT2D eigenvalue weighted by molar-refractivity contribution is 9.10. The van der Waals surface area contributed by atoms with Gasteiger partial charge in [-0.3, -0.25) is 0 Å². The van der Waals surface area contributed by atoms with E-state index < -0.39 is 0 Å². The van der Waals surface area contributed by atoms with Crippen molar-refractivity contribution in [2.24, 2.45) is 35.3 Å². The van der Waals surface area contributed by atoms with Gasteiger partial charge in [-0.2, -0.15) is 0 Å². The lowest BCUT2D eigenvalue weighted by molar-refractivity contribution is -0.0471. The van der Waals surface area contributed by atoms with Crippen LogP contribution in [0.1, 0.15) is 43.7 Å². The standard InChI is InChI=1S/C17H22BrN/c18-15-3-1-2-12(9-15)17(19)16-13-5-10-4-11(7-13)8-14(16)6-10/h1-3,9-11,13-14,16-17H,4-8,19H2. The molecule has 4 fully saturated rings.